The molecule has 0 saturated carbocycles. The largest absolute Gasteiger partial charge is 0.310 e. The number of anilines is 2. The van der Waals surface area contributed by atoms with Crippen LogP contribution in [0.15, 0.2) is 46.2 Å². The minimum absolute atomic E-state index is 0.0919. The molecule has 1 amide bonds. The first kappa shape index (κ1) is 19.1. The number of fused-ring (bicyclic) bond motifs is 1. The maximum absolute atomic E-state index is 12.8. The zero-order valence-electron chi connectivity index (χ0n) is 14.6. The molecule has 1 aliphatic rings. The lowest BCUT2D eigenvalue weighted by Crippen LogP contribution is -2.37. The molecule has 0 aromatic heterocycles. The third-order valence-corrected chi connectivity index (χ3v) is 6.87. The number of nitrogens with zero attached hydrogens (tertiary/aromatic N) is 1. The van der Waals surface area contributed by atoms with Crippen LogP contribution in [0.2, 0.25) is 5.02 Å². The first-order valence-electron chi connectivity index (χ1n) is 8.05. The quantitative estimate of drug-likeness (QED) is 0.819. The molecule has 0 radical (unpaired) electrons. The van der Waals surface area contributed by atoms with Gasteiger partial charge in [0.2, 0.25) is 5.91 Å². The lowest BCUT2D eigenvalue weighted by Gasteiger charge is -2.32. The van der Waals surface area contributed by atoms with E-state index >= 15 is 0 Å². The van der Waals surface area contributed by atoms with Gasteiger partial charge in [0.05, 0.1) is 21.3 Å². The molecule has 5 nitrogen and oxygen atoms in total. The molecule has 1 N–H and O–H groups in total. The van der Waals surface area contributed by atoms with Crippen LogP contribution in [0.3, 0.4) is 0 Å². The van der Waals surface area contributed by atoms with Crippen LogP contribution >= 0.6 is 23.4 Å². The van der Waals surface area contributed by atoms with Crippen molar-refractivity contribution in [1.29, 1.82) is 0 Å². The Morgan fingerprint density at radius 1 is 1.27 bits per heavy atom. The van der Waals surface area contributed by atoms with E-state index in [4.69, 9.17) is 11.6 Å². The first-order chi connectivity index (χ1) is 12.2. The summed E-state index contributed by atoms with van der Waals surface area (Å²) < 4.78 is 28.1. The summed E-state index contributed by atoms with van der Waals surface area (Å²) in [4.78, 5) is 14.6. The number of amides is 1. The number of benzene rings is 2. The highest BCUT2D eigenvalue weighted by atomic mass is 35.5. The monoisotopic (exact) mass is 410 g/mol. The van der Waals surface area contributed by atoms with E-state index in [0.29, 0.717) is 22.9 Å². The molecule has 1 atom stereocenters. The van der Waals surface area contributed by atoms with Crippen molar-refractivity contribution >= 4 is 50.7 Å². The van der Waals surface area contributed by atoms with E-state index in [1.165, 1.54) is 6.92 Å². The maximum atomic E-state index is 12.8. The normalized spacial score (nSPS) is 16.9. The van der Waals surface area contributed by atoms with Crippen molar-refractivity contribution in [3.63, 3.8) is 0 Å². The average Bonchev–Trinajstić information content (AvgIpc) is 2.56. The molecule has 0 saturated heterocycles. The molecule has 26 heavy (non-hydrogen) atoms. The van der Waals surface area contributed by atoms with Gasteiger partial charge in [-0.05, 0) is 42.8 Å². The summed E-state index contributed by atoms with van der Waals surface area (Å²) >= 11 is 7.77. The van der Waals surface area contributed by atoms with Crippen molar-refractivity contribution < 1.29 is 13.2 Å². The van der Waals surface area contributed by atoms with Gasteiger partial charge in [-0.1, -0.05) is 24.6 Å². The summed E-state index contributed by atoms with van der Waals surface area (Å²) in [5.41, 5.74) is 1.88. The van der Waals surface area contributed by atoms with Crippen molar-refractivity contribution in [3.05, 3.63) is 47.0 Å². The molecular formula is C18H19ClN2O3S2. The van der Waals surface area contributed by atoms with Gasteiger partial charge in [0.25, 0.3) is 10.0 Å². The summed E-state index contributed by atoms with van der Waals surface area (Å²) in [5.74, 6) is -0.109. The van der Waals surface area contributed by atoms with Crippen LogP contribution in [-0.4, -0.2) is 26.1 Å². The van der Waals surface area contributed by atoms with Crippen molar-refractivity contribution in [2.24, 2.45) is 0 Å². The molecular weight excluding hydrogens is 392 g/mol. The van der Waals surface area contributed by atoms with Gasteiger partial charge >= 0.3 is 0 Å². The third kappa shape index (κ3) is 3.84. The van der Waals surface area contributed by atoms with Crippen LogP contribution < -0.4 is 9.62 Å². The van der Waals surface area contributed by atoms with E-state index in [1.54, 1.807) is 53.1 Å². The number of sulfonamides is 1. The molecule has 0 spiro atoms. The van der Waals surface area contributed by atoms with Gasteiger partial charge in [0, 0.05) is 23.6 Å². The Hall–Kier alpha value is -1.70. The Morgan fingerprint density at radius 3 is 2.65 bits per heavy atom. The number of aryl methyl sites for hydroxylation is 1. The minimum Gasteiger partial charge on any atom is -0.310 e. The van der Waals surface area contributed by atoms with Crippen LogP contribution in [0.1, 0.15) is 19.4 Å². The lowest BCUT2D eigenvalue weighted by molar-refractivity contribution is -0.116. The number of carbonyl (C=O) groups is 1. The number of carbonyl (C=O) groups excluding carboxylic acids is 1. The SMILES string of the molecule is CC(=O)N1CC(C)Sc2ccc(S(=O)(=O)Nc3ccc(C)cc3Cl)cc21. The molecule has 138 valence electrons. The topological polar surface area (TPSA) is 66.5 Å². The third-order valence-electron chi connectivity index (χ3n) is 4.05. The van der Waals surface area contributed by atoms with Crippen molar-refractivity contribution in [2.75, 3.05) is 16.2 Å². The fourth-order valence-electron chi connectivity index (χ4n) is 2.79. The highest BCUT2D eigenvalue weighted by Gasteiger charge is 2.27. The number of halogens is 1. The van der Waals surface area contributed by atoms with Crippen molar-refractivity contribution in [1.82, 2.24) is 0 Å². The molecule has 1 heterocycles. The molecule has 2 aromatic carbocycles. The Balaban J connectivity index is 1.98. The van der Waals surface area contributed by atoms with Gasteiger partial charge in [-0.15, -0.1) is 11.8 Å². The van der Waals surface area contributed by atoms with Crippen LogP contribution in [0.5, 0.6) is 0 Å². The molecule has 8 heteroatoms. The number of rotatable bonds is 3. The standard InChI is InChI=1S/C18H19ClN2O3S2/c1-11-4-6-16(15(19)8-11)20-26(23,24)14-5-7-18-17(9-14)21(13(3)22)10-12(2)25-18/h4-9,12,20H,10H2,1-3H3. The smallest absolute Gasteiger partial charge is 0.262 e. The van der Waals surface area contributed by atoms with E-state index in [9.17, 15) is 13.2 Å². The van der Waals surface area contributed by atoms with Gasteiger partial charge in [0.15, 0.2) is 0 Å². The highest BCUT2D eigenvalue weighted by Crippen LogP contribution is 2.40. The number of hydrogen-bond acceptors (Lipinski definition) is 4. The van der Waals surface area contributed by atoms with Gasteiger partial charge in [-0.25, -0.2) is 8.42 Å². The molecule has 0 bridgehead atoms. The van der Waals surface area contributed by atoms with E-state index in [-0.39, 0.29) is 16.1 Å². The first-order valence-corrected chi connectivity index (χ1v) is 10.8. The summed E-state index contributed by atoms with van der Waals surface area (Å²) in [6.07, 6.45) is 0. The van der Waals surface area contributed by atoms with Crippen LogP contribution in [0.25, 0.3) is 0 Å². The molecule has 1 aliphatic heterocycles. The van der Waals surface area contributed by atoms with Crippen molar-refractivity contribution in [2.45, 2.75) is 35.8 Å². The predicted octanol–water partition coefficient (Wildman–Crippen LogP) is 4.30. The Kier molecular flexibility index (Phi) is 5.23. The summed E-state index contributed by atoms with van der Waals surface area (Å²) in [5, 5.41) is 0.583. The lowest BCUT2D eigenvalue weighted by atomic mass is 10.2. The van der Waals surface area contributed by atoms with Crippen LogP contribution in [0, 0.1) is 6.92 Å². The second kappa shape index (κ2) is 7.13. The Morgan fingerprint density at radius 2 is 2.00 bits per heavy atom. The summed E-state index contributed by atoms with van der Waals surface area (Å²) in [6, 6.07) is 9.95. The Bertz CT molecular complexity index is 976. The molecule has 1 unspecified atom stereocenters. The summed E-state index contributed by atoms with van der Waals surface area (Å²) in [7, 11) is -3.83. The fraction of sp³-hybridized carbons (Fsp3) is 0.278. The van der Waals surface area contributed by atoms with E-state index in [0.717, 1.165) is 10.5 Å². The molecule has 2 aromatic rings. The van der Waals surface area contributed by atoms with Gasteiger partial charge in [0.1, 0.15) is 0 Å². The van der Waals surface area contributed by atoms with Gasteiger partial charge < -0.3 is 4.90 Å². The zero-order valence-corrected chi connectivity index (χ0v) is 17.0. The number of nitrogens with one attached hydrogen (secondary N) is 1. The van der Waals surface area contributed by atoms with Gasteiger partial charge in [-0.2, -0.15) is 0 Å². The van der Waals surface area contributed by atoms with Crippen LogP contribution in [0.4, 0.5) is 11.4 Å². The van der Waals surface area contributed by atoms with Crippen molar-refractivity contribution in [3.8, 4) is 0 Å². The zero-order chi connectivity index (χ0) is 19.1. The molecule has 0 fully saturated rings. The van der Waals surface area contributed by atoms with E-state index < -0.39 is 10.0 Å². The van der Waals surface area contributed by atoms with E-state index in [1.807, 2.05) is 13.8 Å². The maximum Gasteiger partial charge on any atom is 0.262 e. The fourth-order valence-corrected chi connectivity index (χ4v) is 5.32. The van der Waals surface area contributed by atoms with E-state index in [2.05, 4.69) is 4.72 Å². The second-order valence-electron chi connectivity index (χ2n) is 6.28. The van der Waals surface area contributed by atoms with Gasteiger partial charge in [-0.3, -0.25) is 9.52 Å². The second-order valence-corrected chi connectivity index (χ2v) is 9.85. The minimum atomic E-state index is -3.83. The van der Waals surface area contributed by atoms with Crippen LogP contribution in [-0.2, 0) is 14.8 Å². The average molecular weight is 411 g/mol. The summed E-state index contributed by atoms with van der Waals surface area (Å²) in [6.45, 7) is 5.95. The molecule has 0 aliphatic carbocycles. The number of hydrogen-bond donors (Lipinski definition) is 1. The Labute approximate surface area is 162 Å². The highest BCUT2D eigenvalue weighted by molar-refractivity contribution is 8.00. The number of thioether (sulfide) groups is 1. The molecule has 3 rings (SSSR count). The predicted molar refractivity (Wildman–Crippen MR) is 107 cm³/mol.